The molecule has 1 heterocycles. The normalized spacial score (nSPS) is 19.6. The van der Waals surface area contributed by atoms with Crippen molar-refractivity contribution in [2.75, 3.05) is 13.1 Å². The lowest BCUT2D eigenvalue weighted by Crippen LogP contribution is -2.22. The molecule has 0 aromatic heterocycles. The Bertz CT molecular complexity index is 462. The van der Waals surface area contributed by atoms with Crippen molar-refractivity contribution in [2.24, 2.45) is 5.92 Å². The van der Waals surface area contributed by atoms with Gasteiger partial charge in [-0.25, -0.2) is 0 Å². The molecule has 1 aliphatic rings. The summed E-state index contributed by atoms with van der Waals surface area (Å²) < 4.78 is 37.2. The summed E-state index contributed by atoms with van der Waals surface area (Å²) in [6.45, 7) is 1.61. The maximum absolute atomic E-state index is 12.4. The van der Waals surface area contributed by atoms with Gasteiger partial charge in [0.2, 0.25) is 0 Å². The molecular formula is C13H15ClF3NO2. The molecule has 1 fully saturated rings. The minimum Gasteiger partial charge on any atom is -0.481 e. The highest BCUT2D eigenvalue weighted by molar-refractivity contribution is 5.85. The van der Waals surface area contributed by atoms with Crippen LogP contribution in [0.25, 0.3) is 0 Å². The summed E-state index contributed by atoms with van der Waals surface area (Å²) >= 11 is 0. The topological polar surface area (TPSA) is 40.5 Å². The van der Waals surface area contributed by atoms with E-state index in [4.69, 9.17) is 5.11 Å². The molecule has 1 N–H and O–H groups in total. The van der Waals surface area contributed by atoms with Gasteiger partial charge in [0.15, 0.2) is 0 Å². The fourth-order valence-corrected chi connectivity index (χ4v) is 2.24. The molecule has 1 aromatic rings. The minimum atomic E-state index is -4.32. The minimum absolute atomic E-state index is 0. The average Bonchev–Trinajstić information content (AvgIpc) is 2.77. The summed E-state index contributed by atoms with van der Waals surface area (Å²) in [5.74, 6) is -1.18. The number of likely N-dealkylation sites (tertiary alicyclic amines) is 1. The van der Waals surface area contributed by atoms with Crippen molar-refractivity contribution in [3.8, 4) is 0 Å². The van der Waals surface area contributed by atoms with Gasteiger partial charge in [0.05, 0.1) is 11.5 Å². The Hall–Kier alpha value is -1.27. The Kier molecular flexibility index (Phi) is 5.42. The summed E-state index contributed by atoms with van der Waals surface area (Å²) in [5, 5.41) is 8.87. The van der Waals surface area contributed by atoms with Gasteiger partial charge in [-0.2, -0.15) is 13.2 Å². The van der Waals surface area contributed by atoms with Crippen LogP contribution in [0.4, 0.5) is 13.2 Å². The number of hydrogen-bond acceptors (Lipinski definition) is 2. The van der Waals surface area contributed by atoms with Crippen LogP contribution in [0.2, 0.25) is 0 Å². The van der Waals surface area contributed by atoms with Crippen molar-refractivity contribution in [3.05, 3.63) is 35.4 Å². The van der Waals surface area contributed by atoms with Gasteiger partial charge >= 0.3 is 12.1 Å². The van der Waals surface area contributed by atoms with E-state index < -0.39 is 17.7 Å². The summed E-state index contributed by atoms with van der Waals surface area (Å²) in [5.41, 5.74) is 0.0973. The molecule has 2 rings (SSSR count). The zero-order valence-electron chi connectivity index (χ0n) is 10.6. The maximum atomic E-state index is 12.4. The predicted molar refractivity (Wildman–Crippen MR) is 69.7 cm³/mol. The second-order valence-electron chi connectivity index (χ2n) is 4.75. The molecule has 0 radical (unpaired) electrons. The van der Waals surface area contributed by atoms with E-state index in [0.29, 0.717) is 26.1 Å². The SMILES string of the molecule is Cl.O=C(O)C1CCN(Cc2ccc(C(F)(F)F)cc2)C1. The molecule has 20 heavy (non-hydrogen) atoms. The first-order valence-corrected chi connectivity index (χ1v) is 5.97. The molecule has 7 heteroatoms. The first kappa shape index (κ1) is 16.8. The number of nitrogens with zero attached hydrogens (tertiary/aromatic N) is 1. The number of aliphatic carboxylic acids is 1. The van der Waals surface area contributed by atoms with Crippen molar-refractivity contribution >= 4 is 18.4 Å². The van der Waals surface area contributed by atoms with E-state index >= 15 is 0 Å². The van der Waals surface area contributed by atoms with Crippen LogP contribution < -0.4 is 0 Å². The van der Waals surface area contributed by atoms with E-state index in [-0.39, 0.29) is 18.3 Å². The molecule has 0 spiro atoms. The monoisotopic (exact) mass is 309 g/mol. The van der Waals surface area contributed by atoms with Gasteiger partial charge in [0.1, 0.15) is 0 Å². The zero-order valence-corrected chi connectivity index (χ0v) is 11.4. The third kappa shape index (κ3) is 4.11. The Morgan fingerprint density at radius 2 is 1.90 bits per heavy atom. The van der Waals surface area contributed by atoms with Crippen molar-refractivity contribution < 1.29 is 23.1 Å². The predicted octanol–water partition coefficient (Wildman–Crippen LogP) is 3.03. The van der Waals surface area contributed by atoms with Crippen molar-refractivity contribution in [1.82, 2.24) is 4.90 Å². The molecule has 0 saturated carbocycles. The molecular weight excluding hydrogens is 295 g/mol. The number of rotatable bonds is 3. The highest BCUT2D eigenvalue weighted by atomic mass is 35.5. The lowest BCUT2D eigenvalue weighted by atomic mass is 10.1. The third-order valence-corrected chi connectivity index (χ3v) is 3.31. The van der Waals surface area contributed by atoms with Gasteiger partial charge in [-0.05, 0) is 30.7 Å². The summed E-state index contributed by atoms with van der Waals surface area (Å²) in [4.78, 5) is 12.7. The zero-order chi connectivity index (χ0) is 14.0. The van der Waals surface area contributed by atoms with Crippen LogP contribution in [0.15, 0.2) is 24.3 Å². The smallest absolute Gasteiger partial charge is 0.416 e. The summed E-state index contributed by atoms with van der Waals surface area (Å²) in [6.07, 6.45) is -3.73. The van der Waals surface area contributed by atoms with Crippen LogP contribution in [-0.2, 0) is 17.5 Å². The molecule has 0 bridgehead atoms. The van der Waals surface area contributed by atoms with Gasteiger partial charge in [0.25, 0.3) is 0 Å². The average molecular weight is 310 g/mol. The van der Waals surface area contributed by atoms with Gasteiger partial charge < -0.3 is 5.11 Å². The van der Waals surface area contributed by atoms with Crippen LogP contribution in [0.3, 0.4) is 0 Å². The van der Waals surface area contributed by atoms with Crippen molar-refractivity contribution in [2.45, 2.75) is 19.1 Å². The van der Waals surface area contributed by atoms with E-state index in [1.165, 1.54) is 12.1 Å². The molecule has 1 unspecified atom stereocenters. The number of carboxylic acids is 1. The fourth-order valence-electron chi connectivity index (χ4n) is 2.24. The van der Waals surface area contributed by atoms with Crippen LogP contribution in [-0.4, -0.2) is 29.1 Å². The maximum Gasteiger partial charge on any atom is 0.416 e. The first-order valence-electron chi connectivity index (χ1n) is 5.97. The Morgan fingerprint density at radius 1 is 1.30 bits per heavy atom. The Balaban J connectivity index is 0.00000200. The molecule has 1 aromatic carbocycles. The van der Waals surface area contributed by atoms with E-state index in [1.54, 1.807) is 0 Å². The van der Waals surface area contributed by atoms with E-state index in [1.807, 2.05) is 4.90 Å². The van der Waals surface area contributed by atoms with Crippen LogP contribution in [0.5, 0.6) is 0 Å². The lowest BCUT2D eigenvalue weighted by molar-refractivity contribution is -0.141. The number of halogens is 4. The second-order valence-corrected chi connectivity index (χ2v) is 4.75. The van der Waals surface area contributed by atoms with Crippen LogP contribution in [0.1, 0.15) is 17.5 Å². The molecule has 0 aliphatic carbocycles. The van der Waals surface area contributed by atoms with E-state index in [2.05, 4.69) is 0 Å². The Morgan fingerprint density at radius 3 is 2.35 bits per heavy atom. The van der Waals surface area contributed by atoms with Gasteiger partial charge in [-0.1, -0.05) is 12.1 Å². The first-order chi connectivity index (χ1) is 8.86. The molecule has 1 atom stereocenters. The van der Waals surface area contributed by atoms with Crippen LogP contribution in [0, 0.1) is 5.92 Å². The molecule has 112 valence electrons. The summed E-state index contributed by atoms with van der Waals surface area (Å²) in [6, 6.07) is 4.99. The fraction of sp³-hybridized carbons (Fsp3) is 0.462. The number of carbonyl (C=O) groups is 1. The highest BCUT2D eigenvalue weighted by Crippen LogP contribution is 2.29. The number of hydrogen-bond donors (Lipinski definition) is 1. The van der Waals surface area contributed by atoms with Crippen molar-refractivity contribution in [3.63, 3.8) is 0 Å². The number of alkyl halides is 3. The molecule has 1 saturated heterocycles. The number of carboxylic acid groups (broad SMARTS) is 1. The van der Waals surface area contributed by atoms with Gasteiger partial charge in [-0.15, -0.1) is 12.4 Å². The van der Waals surface area contributed by atoms with Crippen molar-refractivity contribution in [1.29, 1.82) is 0 Å². The lowest BCUT2D eigenvalue weighted by Gasteiger charge is -2.15. The second kappa shape index (κ2) is 6.45. The van der Waals surface area contributed by atoms with Crippen LogP contribution >= 0.6 is 12.4 Å². The van der Waals surface area contributed by atoms with E-state index in [9.17, 15) is 18.0 Å². The van der Waals surface area contributed by atoms with Gasteiger partial charge in [-0.3, -0.25) is 9.69 Å². The highest BCUT2D eigenvalue weighted by Gasteiger charge is 2.30. The van der Waals surface area contributed by atoms with Gasteiger partial charge in [0, 0.05) is 13.1 Å². The van der Waals surface area contributed by atoms with E-state index in [0.717, 1.165) is 17.7 Å². The summed E-state index contributed by atoms with van der Waals surface area (Å²) in [7, 11) is 0. The Labute approximate surface area is 120 Å². The molecule has 0 amide bonds. The third-order valence-electron chi connectivity index (χ3n) is 3.31. The molecule has 3 nitrogen and oxygen atoms in total. The molecule has 1 aliphatic heterocycles. The largest absolute Gasteiger partial charge is 0.481 e. The number of benzene rings is 1. The standard InChI is InChI=1S/C13H14F3NO2.ClH/c14-13(15,16)11-3-1-9(2-4-11)7-17-6-5-10(8-17)12(18)19;/h1-4,10H,5-8H2,(H,18,19);1H. The quantitative estimate of drug-likeness (QED) is 0.933.